The van der Waals surface area contributed by atoms with Crippen LogP contribution in [0, 0.1) is 5.82 Å². The number of guanidine groups is 1. The summed E-state index contributed by atoms with van der Waals surface area (Å²) in [5, 5.41) is 11.3. The van der Waals surface area contributed by atoms with Gasteiger partial charge >= 0.3 is 0 Å². The van der Waals surface area contributed by atoms with Crippen LogP contribution in [0.1, 0.15) is 11.4 Å². The van der Waals surface area contributed by atoms with Crippen molar-refractivity contribution in [1.82, 2.24) is 29.9 Å². The zero-order valence-corrected chi connectivity index (χ0v) is 16.6. The Hall–Kier alpha value is -2.00. The van der Waals surface area contributed by atoms with Gasteiger partial charge < -0.3 is 14.8 Å². The molecule has 0 saturated carbocycles. The fourth-order valence-corrected chi connectivity index (χ4v) is 3.22. The Kier molecular flexibility index (Phi) is 6.20. The van der Waals surface area contributed by atoms with Crippen molar-refractivity contribution in [2.45, 2.75) is 13.1 Å². The molecule has 9 heteroatoms. The van der Waals surface area contributed by atoms with E-state index in [0.29, 0.717) is 11.0 Å². The molecule has 140 valence electrons. The summed E-state index contributed by atoms with van der Waals surface area (Å²) >= 11 is 3.19. The second-order valence-electron chi connectivity index (χ2n) is 6.27. The zero-order valence-electron chi connectivity index (χ0n) is 15.0. The van der Waals surface area contributed by atoms with E-state index >= 15 is 0 Å². The quantitative estimate of drug-likeness (QED) is 0.597. The molecule has 0 radical (unpaired) electrons. The fraction of sp³-hybridized carbons (Fsp3) is 0.471. The van der Waals surface area contributed by atoms with E-state index < -0.39 is 0 Å². The van der Waals surface area contributed by atoms with E-state index in [1.54, 1.807) is 25.5 Å². The lowest BCUT2D eigenvalue weighted by molar-refractivity contribution is 0.172. The van der Waals surface area contributed by atoms with Crippen molar-refractivity contribution in [3.05, 3.63) is 46.2 Å². The van der Waals surface area contributed by atoms with Crippen LogP contribution in [0.15, 0.2) is 34.0 Å². The number of benzene rings is 1. The summed E-state index contributed by atoms with van der Waals surface area (Å²) in [6.45, 7) is 4.89. The van der Waals surface area contributed by atoms with Gasteiger partial charge in [0.25, 0.3) is 0 Å². The third kappa shape index (κ3) is 4.59. The SMILES string of the molecule is CN=C(NCc1nncn1C)N1CCN(Cc2ccc(Br)c(F)c2)CC1. The Bertz CT molecular complexity index is 768. The maximum Gasteiger partial charge on any atom is 0.194 e. The molecule has 1 N–H and O–H groups in total. The number of piperazine rings is 1. The number of aryl methyl sites for hydroxylation is 1. The minimum atomic E-state index is -0.213. The standard InChI is InChI=1S/C17H23BrFN7/c1-20-17(21-10-16-23-22-12-24(16)2)26-7-5-25(6-8-26)11-13-3-4-14(18)15(19)9-13/h3-4,9,12H,5-8,10-11H2,1-2H3,(H,20,21). The van der Waals surface area contributed by atoms with Crippen LogP contribution in [-0.4, -0.2) is 63.8 Å². The summed E-state index contributed by atoms with van der Waals surface area (Å²) in [6.07, 6.45) is 1.68. The van der Waals surface area contributed by atoms with Crippen LogP contribution >= 0.6 is 15.9 Å². The van der Waals surface area contributed by atoms with E-state index in [9.17, 15) is 4.39 Å². The molecule has 26 heavy (non-hydrogen) atoms. The first kappa shape index (κ1) is 18.8. The molecule has 0 spiro atoms. The van der Waals surface area contributed by atoms with Crippen LogP contribution in [-0.2, 0) is 20.1 Å². The van der Waals surface area contributed by atoms with E-state index in [4.69, 9.17) is 0 Å². The first-order valence-corrected chi connectivity index (χ1v) is 9.31. The second kappa shape index (κ2) is 8.59. The topological polar surface area (TPSA) is 61.6 Å². The monoisotopic (exact) mass is 423 g/mol. The zero-order chi connectivity index (χ0) is 18.5. The van der Waals surface area contributed by atoms with Crippen molar-refractivity contribution < 1.29 is 4.39 Å². The second-order valence-corrected chi connectivity index (χ2v) is 7.12. The predicted octanol–water partition coefficient (Wildman–Crippen LogP) is 1.61. The molecule has 7 nitrogen and oxygen atoms in total. The third-order valence-electron chi connectivity index (χ3n) is 4.48. The molecule has 3 rings (SSSR count). The van der Waals surface area contributed by atoms with Crippen molar-refractivity contribution in [2.75, 3.05) is 33.2 Å². The van der Waals surface area contributed by atoms with E-state index in [-0.39, 0.29) is 5.82 Å². The van der Waals surface area contributed by atoms with Crippen LogP contribution in [0.4, 0.5) is 4.39 Å². The van der Waals surface area contributed by atoms with Gasteiger partial charge in [-0.25, -0.2) is 4.39 Å². The van der Waals surface area contributed by atoms with Crippen LogP contribution in [0.25, 0.3) is 0 Å². The van der Waals surface area contributed by atoms with Crippen LogP contribution in [0.2, 0.25) is 0 Å². The average molecular weight is 424 g/mol. The first-order valence-electron chi connectivity index (χ1n) is 8.51. The Morgan fingerprint density at radius 2 is 2.08 bits per heavy atom. The third-order valence-corrected chi connectivity index (χ3v) is 5.13. The van der Waals surface area contributed by atoms with E-state index in [0.717, 1.165) is 50.1 Å². The van der Waals surface area contributed by atoms with E-state index in [2.05, 4.69) is 46.2 Å². The van der Waals surface area contributed by atoms with Crippen LogP contribution in [0.5, 0.6) is 0 Å². The van der Waals surface area contributed by atoms with Gasteiger partial charge in [-0.2, -0.15) is 0 Å². The molecule has 1 fully saturated rings. The van der Waals surface area contributed by atoms with Crippen molar-refractivity contribution >= 4 is 21.9 Å². The van der Waals surface area contributed by atoms with Gasteiger partial charge in [0.2, 0.25) is 0 Å². The minimum Gasteiger partial charge on any atom is -0.349 e. The fourth-order valence-electron chi connectivity index (χ4n) is 2.97. The number of aliphatic imine (C=N–C) groups is 1. The van der Waals surface area contributed by atoms with Gasteiger partial charge in [0.1, 0.15) is 12.1 Å². The van der Waals surface area contributed by atoms with Crippen LogP contribution < -0.4 is 5.32 Å². The molecule has 1 aromatic heterocycles. The normalized spacial score (nSPS) is 16.2. The smallest absolute Gasteiger partial charge is 0.194 e. The Morgan fingerprint density at radius 1 is 1.31 bits per heavy atom. The lowest BCUT2D eigenvalue weighted by atomic mass is 10.2. The highest BCUT2D eigenvalue weighted by Gasteiger charge is 2.20. The molecule has 2 aromatic rings. The van der Waals surface area contributed by atoms with Crippen LogP contribution in [0.3, 0.4) is 0 Å². The number of nitrogens with one attached hydrogen (secondary N) is 1. The van der Waals surface area contributed by atoms with E-state index in [1.807, 2.05) is 17.7 Å². The lowest BCUT2D eigenvalue weighted by Gasteiger charge is -2.36. The number of aromatic nitrogens is 3. The molecule has 0 bridgehead atoms. The molecule has 0 unspecified atom stereocenters. The number of hydrogen-bond donors (Lipinski definition) is 1. The maximum absolute atomic E-state index is 13.7. The molecule has 2 heterocycles. The summed E-state index contributed by atoms with van der Waals surface area (Å²) < 4.78 is 16.1. The van der Waals surface area contributed by atoms with Gasteiger partial charge in [-0.05, 0) is 33.6 Å². The largest absolute Gasteiger partial charge is 0.349 e. The van der Waals surface area contributed by atoms with Crippen molar-refractivity contribution in [3.63, 3.8) is 0 Å². The van der Waals surface area contributed by atoms with Crippen molar-refractivity contribution in [1.29, 1.82) is 0 Å². The summed E-state index contributed by atoms with van der Waals surface area (Å²) in [5.74, 6) is 1.51. The van der Waals surface area contributed by atoms with Crippen molar-refractivity contribution in [3.8, 4) is 0 Å². The number of halogens is 2. The lowest BCUT2D eigenvalue weighted by Crippen LogP contribution is -2.52. The molecule has 0 aliphatic carbocycles. The Balaban J connectivity index is 1.50. The summed E-state index contributed by atoms with van der Waals surface area (Å²) in [7, 11) is 3.71. The molecule has 0 amide bonds. The summed E-state index contributed by atoms with van der Waals surface area (Å²) in [4.78, 5) is 8.93. The van der Waals surface area contributed by atoms with Gasteiger partial charge in [0.15, 0.2) is 11.8 Å². The first-order chi connectivity index (χ1) is 12.6. The summed E-state index contributed by atoms with van der Waals surface area (Å²) in [6, 6.07) is 5.32. The number of rotatable bonds is 4. The molecular weight excluding hydrogens is 401 g/mol. The highest BCUT2D eigenvalue weighted by molar-refractivity contribution is 9.10. The number of nitrogens with zero attached hydrogens (tertiary/aromatic N) is 6. The predicted molar refractivity (Wildman–Crippen MR) is 102 cm³/mol. The maximum atomic E-state index is 13.7. The van der Waals surface area contributed by atoms with Gasteiger partial charge in [-0.3, -0.25) is 9.89 Å². The minimum absolute atomic E-state index is 0.213. The van der Waals surface area contributed by atoms with Gasteiger partial charge in [-0.1, -0.05) is 6.07 Å². The van der Waals surface area contributed by atoms with Crippen molar-refractivity contribution in [2.24, 2.45) is 12.0 Å². The van der Waals surface area contributed by atoms with Gasteiger partial charge in [-0.15, -0.1) is 10.2 Å². The highest BCUT2D eigenvalue weighted by atomic mass is 79.9. The van der Waals surface area contributed by atoms with Gasteiger partial charge in [0.05, 0.1) is 11.0 Å². The molecule has 1 aliphatic rings. The Labute approximate surface area is 161 Å². The molecule has 1 saturated heterocycles. The Morgan fingerprint density at radius 3 is 2.69 bits per heavy atom. The average Bonchev–Trinajstić information content (AvgIpc) is 3.05. The molecule has 1 aliphatic heterocycles. The van der Waals surface area contributed by atoms with E-state index in [1.165, 1.54) is 0 Å². The molecule has 0 atom stereocenters. The van der Waals surface area contributed by atoms with Gasteiger partial charge in [0, 0.05) is 46.8 Å². The highest BCUT2D eigenvalue weighted by Crippen LogP contribution is 2.18. The summed E-state index contributed by atoms with van der Waals surface area (Å²) in [5.41, 5.74) is 0.990. The molecule has 1 aromatic carbocycles. The molecular formula is C17H23BrFN7. The number of hydrogen-bond acceptors (Lipinski definition) is 4.